The molecular formula is C15H20ClN5O. The van der Waals surface area contributed by atoms with Gasteiger partial charge in [0.15, 0.2) is 5.69 Å². The molecule has 22 heavy (non-hydrogen) atoms. The molecule has 6 nitrogen and oxygen atoms in total. The predicted molar refractivity (Wildman–Crippen MR) is 86.2 cm³/mol. The third-order valence-corrected chi connectivity index (χ3v) is 3.60. The molecule has 1 unspecified atom stereocenters. The number of nitrogens with zero attached hydrogens (tertiary/aromatic N) is 4. The summed E-state index contributed by atoms with van der Waals surface area (Å²) < 4.78 is 1.70. The van der Waals surface area contributed by atoms with E-state index < -0.39 is 0 Å². The average molecular weight is 322 g/mol. The third-order valence-electron chi connectivity index (χ3n) is 3.60. The first-order valence-electron chi connectivity index (χ1n) is 7.19. The van der Waals surface area contributed by atoms with Gasteiger partial charge in [-0.25, -0.2) is 4.68 Å². The summed E-state index contributed by atoms with van der Waals surface area (Å²) in [4.78, 5) is 14.2. The minimum absolute atomic E-state index is 0. The highest BCUT2D eigenvalue weighted by molar-refractivity contribution is 5.92. The van der Waals surface area contributed by atoms with Gasteiger partial charge in [-0.3, -0.25) is 4.79 Å². The fourth-order valence-electron chi connectivity index (χ4n) is 2.52. The van der Waals surface area contributed by atoms with Gasteiger partial charge in [0.2, 0.25) is 0 Å². The Bertz CT molecular complexity index is 615. The summed E-state index contributed by atoms with van der Waals surface area (Å²) >= 11 is 0. The van der Waals surface area contributed by atoms with Gasteiger partial charge in [0.25, 0.3) is 5.91 Å². The largest absolute Gasteiger partial charge is 0.334 e. The summed E-state index contributed by atoms with van der Waals surface area (Å²) in [5.74, 6) is -0.0392. The van der Waals surface area contributed by atoms with Gasteiger partial charge in [-0.1, -0.05) is 35.5 Å². The zero-order valence-electron chi connectivity index (χ0n) is 12.5. The molecule has 118 valence electrons. The van der Waals surface area contributed by atoms with Crippen LogP contribution >= 0.6 is 12.4 Å². The lowest BCUT2D eigenvalue weighted by molar-refractivity contribution is 0.0703. The topological polar surface area (TPSA) is 63.1 Å². The summed E-state index contributed by atoms with van der Waals surface area (Å²) in [6.07, 6.45) is 1.72. The van der Waals surface area contributed by atoms with E-state index in [0.717, 1.165) is 12.1 Å². The third kappa shape index (κ3) is 3.84. The average Bonchev–Trinajstić information content (AvgIpc) is 2.96. The van der Waals surface area contributed by atoms with Gasteiger partial charge >= 0.3 is 0 Å². The van der Waals surface area contributed by atoms with Crippen molar-refractivity contribution in [2.24, 2.45) is 0 Å². The number of carbonyl (C=O) groups excluding carboxylic acids is 1. The van der Waals surface area contributed by atoms with E-state index in [0.29, 0.717) is 31.4 Å². The number of nitrogens with one attached hydrogen (secondary N) is 1. The lowest BCUT2D eigenvalue weighted by atomic mass is 10.2. The van der Waals surface area contributed by atoms with E-state index >= 15 is 0 Å². The van der Waals surface area contributed by atoms with Crippen LogP contribution in [0, 0.1) is 0 Å². The fraction of sp³-hybridized carbons (Fsp3) is 0.400. The van der Waals surface area contributed by atoms with Crippen LogP contribution in [0.5, 0.6) is 0 Å². The Kier molecular flexibility index (Phi) is 5.51. The van der Waals surface area contributed by atoms with Gasteiger partial charge in [0.05, 0.1) is 12.7 Å². The predicted octanol–water partition coefficient (Wildman–Crippen LogP) is 1.18. The van der Waals surface area contributed by atoms with Crippen molar-refractivity contribution in [2.45, 2.75) is 19.5 Å². The van der Waals surface area contributed by atoms with E-state index in [-0.39, 0.29) is 18.3 Å². The molecule has 2 aromatic rings. The van der Waals surface area contributed by atoms with Crippen molar-refractivity contribution >= 4 is 18.3 Å². The smallest absolute Gasteiger partial charge is 0.276 e. The van der Waals surface area contributed by atoms with Crippen molar-refractivity contribution in [1.29, 1.82) is 0 Å². The Morgan fingerprint density at radius 1 is 1.36 bits per heavy atom. The normalized spacial score (nSPS) is 17.9. The van der Waals surface area contributed by atoms with Crippen LogP contribution in [0.1, 0.15) is 23.0 Å². The Morgan fingerprint density at radius 3 is 2.86 bits per heavy atom. The molecule has 2 heterocycles. The van der Waals surface area contributed by atoms with Gasteiger partial charge in [-0.15, -0.1) is 17.5 Å². The molecule has 1 atom stereocenters. The Morgan fingerprint density at radius 2 is 2.14 bits per heavy atom. The number of halogens is 1. The van der Waals surface area contributed by atoms with Crippen LogP contribution in [0.25, 0.3) is 0 Å². The minimum atomic E-state index is -0.0392. The van der Waals surface area contributed by atoms with Gasteiger partial charge in [0.1, 0.15) is 0 Å². The van der Waals surface area contributed by atoms with Gasteiger partial charge in [0, 0.05) is 25.7 Å². The lowest BCUT2D eigenvalue weighted by Gasteiger charge is -2.31. The van der Waals surface area contributed by atoms with Crippen LogP contribution in [0.3, 0.4) is 0 Å². The van der Waals surface area contributed by atoms with Crippen molar-refractivity contribution in [1.82, 2.24) is 25.2 Å². The summed E-state index contributed by atoms with van der Waals surface area (Å²) in [6, 6.07) is 10.3. The molecule has 1 N–H and O–H groups in total. The van der Waals surface area contributed by atoms with Crippen LogP contribution in [0.15, 0.2) is 36.5 Å². The number of amides is 1. The minimum Gasteiger partial charge on any atom is -0.334 e. The molecule has 7 heteroatoms. The Balaban J connectivity index is 0.00000176. The van der Waals surface area contributed by atoms with E-state index in [4.69, 9.17) is 0 Å². The van der Waals surface area contributed by atoms with E-state index in [1.54, 1.807) is 10.9 Å². The first-order chi connectivity index (χ1) is 10.2. The highest BCUT2D eigenvalue weighted by atomic mass is 35.5. The van der Waals surface area contributed by atoms with Crippen molar-refractivity contribution in [3.63, 3.8) is 0 Å². The zero-order chi connectivity index (χ0) is 14.7. The van der Waals surface area contributed by atoms with Crippen LogP contribution in [0.4, 0.5) is 0 Å². The molecule has 0 radical (unpaired) electrons. The van der Waals surface area contributed by atoms with Crippen molar-refractivity contribution in [3.8, 4) is 0 Å². The van der Waals surface area contributed by atoms with Crippen LogP contribution < -0.4 is 5.32 Å². The fourth-order valence-corrected chi connectivity index (χ4v) is 2.52. The molecule has 1 aliphatic rings. The number of piperazine rings is 1. The van der Waals surface area contributed by atoms with Crippen LogP contribution in [0.2, 0.25) is 0 Å². The second-order valence-corrected chi connectivity index (χ2v) is 5.39. The van der Waals surface area contributed by atoms with E-state index in [2.05, 4.69) is 22.6 Å². The molecule has 1 fully saturated rings. The van der Waals surface area contributed by atoms with Crippen LogP contribution in [-0.4, -0.2) is 51.5 Å². The number of hydrogen-bond acceptors (Lipinski definition) is 4. The van der Waals surface area contributed by atoms with Crippen molar-refractivity contribution in [2.75, 3.05) is 19.6 Å². The van der Waals surface area contributed by atoms with E-state index in [1.165, 1.54) is 0 Å². The highest BCUT2D eigenvalue weighted by Crippen LogP contribution is 2.07. The van der Waals surface area contributed by atoms with Gasteiger partial charge in [-0.05, 0) is 12.5 Å². The number of benzene rings is 1. The second kappa shape index (κ2) is 7.38. The van der Waals surface area contributed by atoms with E-state index in [1.807, 2.05) is 35.2 Å². The summed E-state index contributed by atoms with van der Waals surface area (Å²) in [6.45, 7) is 4.95. The SMILES string of the molecule is CC1CN(C(=O)c2cn(Cc3ccccc3)nn2)CCN1.Cl. The molecule has 1 aliphatic heterocycles. The lowest BCUT2D eigenvalue weighted by Crippen LogP contribution is -2.51. The molecular weight excluding hydrogens is 302 g/mol. The maximum Gasteiger partial charge on any atom is 0.276 e. The number of carbonyl (C=O) groups is 1. The Hall–Kier alpha value is -1.92. The standard InChI is InChI=1S/C15H19N5O.ClH/c1-12-9-19(8-7-16-12)15(21)14-11-20(18-17-14)10-13-5-3-2-4-6-13;/h2-6,11-12,16H,7-10H2,1H3;1H. The quantitative estimate of drug-likeness (QED) is 0.922. The molecule has 0 spiro atoms. The molecule has 0 bridgehead atoms. The maximum absolute atomic E-state index is 12.4. The Labute approximate surface area is 135 Å². The molecule has 1 aromatic heterocycles. The monoisotopic (exact) mass is 321 g/mol. The first-order valence-corrected chi connectivity index (χ1v) is 7.19. The van der Waals surface area contributed by atoms with Gasteiger partial charge < -0.3 is 10.2 Å². The van der Waals surface area contributed by atoms with Crippen molar-refractivity contribution < 1.29 is 4.79 Å². The van der Waals surface area contributed by atoms with E-state index in [9.17, 15) is 4.79 Å². The molecule has 0 aliphatic carbocycles. The molecule has 1 amide bonds. The van der Waals surface area contributed by atoms with Gasteiger partial charge in [-0.2, -0.15) is 0 Å². The number of aromatic nitrogens is 3. The molecule has 1 saturated heterocycles. The molecule has 1 aromatic carbocycles. The number of rotatable bonds is 3. The number of hydrogen-bond donors (Lipinski definition) is 1. The highest BCUT2D eigenvalue weighted by Gasteiger charge is 2.23. The molecule has 0 saturated carbocycles. The maximum atomic E-state index is 12.4. The second-order valence-electron chi connectivity index (χ2n) is 5.39. The van der Waals surface area contributed by atoms with Crippen molar-refractivity contribution in [3.05, 3.63) is 47.8 Å². The summed E-state index contributed by atoms with van der Waals surface area (Å²) in [7, 11) is 0. The summed E-state index contributed by atoms with van der Waals surface area (Å²) in [5, 5.41) is 11.4. The molecule has 3 rings (SSSR count). The summed E-state index contributed by atoms with van der Waals surface area (Å²) in [5.41, 5.74) is 1.55. The zero-order valence-corrected chi connectivity index (χ0v) is 13.3. The van der Waals surface area contributed by atoms with Crippen LogP contribution in [-0.2, 0) is 6.54 Å². The first kappa shape index (κ1) is 16.5.